The number of anilines is 2. The van der Waals surface area contributed by atoms with Crippen molar-refractivity contribution >= 4 is 39.1 Å². The molecule has 26 heavy (non-hydrogen) atoms. The SMILES string of the molecule is CCOc1ccc2nc3cc(N)ccc3c(N)c2c1OC(=O)C(C)O.O. The van der Waals surface area contributed by atoms with E-state index < -0.39 is 12.1 Å². The number of aliphatic hydroxyl groups excluding tert-OH is 1. The molecular weight excluding hydrogens is 338 g/mol. The van der Waals surface area contributed by atoms with Gasteiger partial charge in [0.25, 0.3) is 0 Å². The van der Waals surface area contributed by atoms with Crippen molar-refractivity contribution in [2.75, 3.05) is 18.1 Å². The first-order valence-corrected chi connectivity index (χ1v) is 7.86. The molecule has 138 valence electrons. The van der Waals surface area contributed by atoms with Crippen LogP contribution in [0.5, 0.6) is 11.5 Å². The molecule has 8 heteroatoms. The summed E-state index contributed by atoms with van der Waals surface area (Å²) in [5.74, 6) is -0.300. The van der Waals surface area contributed by atoms with Gasteiger partial charge in [-0.1, -0.05) is 0 Å². The smallest absolute Gasteiger partial charge is 0.340 e. The van der Waals surface area contributed by atoms with Gasteiger partial charge in [0, 0.05) is 11.1 Å². The molecule has 7 N–H and O–H groups in total. The lowest BCUT2D eigenvalue weighted by Gasteiger charge is -2.16. The minimum atomic E-state index is -1.28. The van der Waals surface area contributed by atoms with Gasteiger partial charge >= 0.3 is 5.97 Å². The number of nitrogens with two attached hydrogens (primary N) is 2. The lowest BCUT2D eigenvalue weighted by Crippen LogP contribution is -2.22. The molecule has 0 spiro atoms. The maximum Gasteiger partial charge on any atom is 0.340 e. The minimum Gasteiger partial charge on any atom is -0.490 e. The zero-order valence-corrected chi connectivity index (χ0v) is 14.4. The molecule has 0 radical (unpaired) electrons. The topological polar surface area (TPSA) is 152 Å². The van der Waals surface area contributed by atoms with Gasteiger partial charge in [-0.15, -0.1) is 0 Å². The van der Waals surface area contributed by atoms with Crippen LogP contribution in [0.2, 0.25) is 0 Å². The second-order valence-electron chi connectivity index (χ2n) is 5.62. The Labute approximate surface area is 149 Å². The van der Waals surface area contributed by atoms with E-state index in [1.54, 1.807) is 30.3 Å². The average Bonchev–Trinajstić information content (AvgIpc) is 2.56. The van der Waals surface area contributed by atoms with Gasteiger partial charge in [0.05, 0.1) is 28.7 Å². The summed E-state index contributed by atoms with van der Waals surface area (Å²) in [6.07, 6.45) is -1.28. The predicted molar refractivity (Wildman–Crippen MR) is 100 cm³/mol. The van der Waals surface area contributed by atoms with Gasteiger partial charge in [0.1, 0.15) is 6.10 Å². The van der Waals surface area contributed by atoms with Crippen LogP contribution in [0, 0.1) is 0 Å². The van der Waals surface area contributed by atoms with Crippen LogP contribution in [0.25, 0.3) is 21.8 Å². The summed E-state index contributed by atoms with van der Waals surface area (Å²) < 4.78 is 10.9. The number of fused-ring (bicyclic) bond motifs is 2. The van der Waals surface area contributed by atoms with Gasteiger partial charge in [-0.05, 0) is 44.2 Å². The van der Waals surface area contributed by atoms with Crippen molar-refractivity contribution in [3.8, 4) is 11.5 Å². The zero-order chi connectivity index (χ0) is 18.1. The van der Waals surface area contributed by atoms with Crippen molar-refractivity contribution in [3.05, 3.63) is 30.3 Å². The molecular formula is C18H21N3O5. The maximum atomic E-state index is 11.9. The number of hydrogen-bond donors (Lipinski definition) is 3. The second kappa shape index (κ2) is 7.42. The number of ether oxygens (including phenoxy) is 2. The van der Waals surface area contributed by atoms with E-state index in [4.69, 9.17) is 20.9 Å². The quantitative estimate of drug-likeness (QED) is 0.275. The van der Waals surface area contributed by atoms with Gasteiger partial charge < -0.3 is 31.5 Å². The summed E-state index contributed by atoms with van der Waals surface area (Å²) >= 11 is 0. The van der Waals surface area contributed by atoms with E-state index in [1.165, 1.54) is 6.92 Å². The van der Waals surface area contributed by atoms with Crippen LogP contribution in [-0.2, 0) is 4.79 Å². The highest BCUT2D eigenvalue weighted by atomic mass is 16.6. The third kappa shape index (κ3) is 3.32. The summed E-state index contributed by atoms with van der Waals surface area (Å²) in [5, 5.41) is 10.6. The summed E-state index contributed by atoms with van der Waals surface area (Å²) in [6, 6.07) is 8.60. The van der Waals surface area contributed by atoms with Crippen LogP contribution >= 0.6 is 0 Å². The molecule has 0 bridgehead atoms. The molecule has 0 saturated heterocycles. The molecule has 0 aliphatic heterocycles. The minimum absolute atomic E-state index is 0. The lowest BCUT2D eigenvalue weighted by molar-refractivity contribution is -0.142. The molecule has 0 fully saturated rings. The number of benzene rings is 2. The van der Waals surface area contributed by atoms with Crippen LogP contribution in [0.1, 0.15) is 13.8 Å². The van der Waals surface area contributed by atoms with Crippen molar-refractivity contribution in [2.45, 2.75) is 20.0 Å². The Morgan fingerprint density at radius 1 is 1.23 bits per heavy atom. The largest absolute Gasteiger partial charge is 0.490 e. The van der Waals surface area contributed by atoms with Crippen LogP contribution in [0.4, 0.5) is 11.4 Å². The molecule has 3 aromatic rings. The summed E-state index contributed by atoms with van der Waals surface area (Å²) in [4.78, 5) is 16.5. The van der Waals surface area contributed by atoms with Crippen molar-refractivity contribution in [2.24, 2.45) is 0 Å². The first-order valence-electron chi connectivity index (χ1n) is 7.86. The molecule has 8 nitrogen and oxygen atoms in total. The Morgan fingerprint density at radius 2 is 1.96 bits per heavy atom. The highest BCUT2D eigenvalue weighted by Crippen LogP contribution is 2.41. The van der Waals surface area contributed by atoms with Crippen molar-refractivity contribution in [1.29, 1.82) is 0 Å². The monoisotopic (exact) mass is 359 g/mol. The van der Waals surface area contributed by atoms with Gasteiger partial charge in [-0.2, -0.15) is 0 Å². The predicted octanol–water partition coefficient (Wildman–Crippen LogP) is 1.41. The average molecular weight is 359 g/mol. The number of hydrogen-bond acceptors (Lipinski definition) is 7. The van der Waals surface area contributed by atoms with E-state index in [0.717, 1.165) is 0 Å². The molecule has 0 aliphatic carbocycles. The standard InChI is InChI=1S/C18H19N3O4.H2O/c1-3-24-14-7-6-12-15(17(14)25-18(23)9(2)22)16(20)11-5-4-10(19)8-13(11)21-12;/h4-9,22H,3,19H2,1-2H3,(H2,20,21);1H2. The Kier molecular flexibility index (Phi) is 5.49. The van der Waals surface area contributed by atoms with E-state index in [0.29, 0.717) is 45.5 Å². The molecule has 0 amide bonds. The van der Waals surface area contributed by atoms with E-state index in [-0.39, 0.29) is 11.2 Å². The summed E-state index contributed by atoms with van der Waals surface area (Å²) in [5.41, 5.74) is 14.3. The van der Waals surface area contributed by atoms with Crippen molar-refractivity contribution in [1.82, 2.24) is 4.98 Å². The van der Waals surface area contributed by atoms with Gasteiger partial charge in [-0.25, -0.2) is 9.78 Å². The van der Waals surface area contributed by atoms with Gasteiger partial charge in [0.2, 0.25) is 0 Å². The van der Waals surface area contributed by atoms with E-state index in [1.807, 2.05) is 6.92 Å². The lowest BCUT2D eigenvalue weighted by atomic mass is 10.1. The fourth-order valence-electron chi connectivity index (χ4n) is 2.60. The molecule has 1 aromatic heterocycles. The molecule has 2 aromatic carbocycles. The van der Waals surface area contributed by atoms with E-state index >= 15 is 0 Å². The first-order chi connectivity index (χ1) is 11.9. The Bertz CT molecular complexity index is 972. The fourth-order valence-corrected chi connectivity index (χ4v) is 2.60. The third-order valence-corrected chi connectivity index (χ3v) is 3.77. The third-order valence-electron chi connectivity index (χ3n) is 3.77. The molecule has 0 saturated carbocycles. The second-order valence-corrected chi connectivity index (χ2v) is 5.62. The van der Waals surface area contributed by atoms with Crippen molar-refractivity contribution in [3.63, 3.8) is 0 Å². The number of aromatic nitrogens is 1. The Hall–Kier alpha value is -3.10. The number of nitrogen functional groups attached to an aromatic ring is 2. The number of pyridine rings is 1. The first kappa shape index (κ1) is 19.2. The van der Waals surface area contributed by atoms with Crippen molar-refractivity contribution < 1.29 is 24.9 Å². The molecule has 0 aliphatic rings. The number of rotatable bonds is 4. The molecule has 3 rings (SSSR count). The summed E-state index contributed by atoms with van der Waals surface area (Å²) in [6.45, 7) is 3.52. The number of aliphatic hydroxyl groups is 1. The molecule has 1 heterocycles. The summed E-state index contributed by atoms with van der Waals surface area (Å²) in [7, 11) is 0. The van der Waals surface area contributed by atoms with Gasteiger partial charge in [-0.3, -0.25) is 0 Å². The van der Waals surface area contributed by atoms with Crippen LogP contribution in [-0.4, -0.2) is 34.2 Å². The molecule has 1 atom stereocenters. The molecule has 1 unspecified atom stereocenters. The number of nitrogens with zero attached hydrogens (tertiary/aromatic N) is 1. The highest BCUT2D eigenvalue weighted by Gasteiger charge is 2.21. The number of carbonyl (C=O) groups is 1. The maximum absolute atomic E-state index is 11.9. The van der Waals surface area contributed by atoms with Crippen LogP contribution < -0.4 is 20.9 Å². The van der Waals surface area contributed by atoms with E-state index in [2.05, 4.69) is 4.98 Å². The highest BCUT2D eigenvalue weighted by molar-refractivity contribution is 6.10. The Morgan fingerprint density at radius 3 is 2.62 bits per heavy atom. The van der Waals surface area contributed by atoms with Crippen LogP contribution in [0.15, 0.2) is 30.3 Å². The normalized spacial score (nSPS) is 11.8. The Balaban J connectivity index is 0.00000243. The van der Waals surface area contributed by atoms with E-state index in [9.17, 15) is 9.90 Å². The fraction of sp³-hybridized carbons (Fsp3) is 0.222. The zero-order valence-electron chi connectivity index (χ0n) is 14.4. The van der Waals surface area contributed by atoms with Gasteiger partial charge in [0.15, 0.2) is 11.5 Å². The van der Waals surface area contributed by atoms with Crippen LogP contribution in [0.3, 0.4) is 0 Å². The number of carbonyl (C=O) groups excluding carboxylic acids is 1. The number of esters is 1.